The van der Waals surface area contributed by atoms with Crippen LogP contribution in [0.1, 0.15) is 44.0 Å². The minimum absolute atomic E-state index is 0.0461. The van der Waals surface area contributed by atoms with Gasteiger partial charge in [0.2, 0.25) is 5.95 Å². The third-order valence-electron chi connectivity index (χ3n) is 7.29. The van der Waals surface area contributed by atoms with Gasteiger partial charge in [0.05, 0.1) is 6.61 Å². The highest BCUT2D eigenvalue weighted by Crippen LogP contribution is 2.59. The molecule has 5 heterocycles. The van der Waals surface area contributed by atoms with Crippen LogP contribution < -0.4 is 10.2 Å². The highest BCUT2D eigenvalue weighted by atomic mass is 32.2. The van der Waals surface area contributed by atoms with E-state index in [2.05, 4.69) is 30.4 Å². The van der Waals surface area contributed by atoms with E-state index >= 15 is 0 Å². The Morgan fingerprint density at radius 2 is 2.03 bits per heavy atom. The molecule has 2 aromatic rings. The van der Waals surface area contributed by atoms with Crippen molar-refractivity contribution in [2.24, 2.45) is 0 Å². The molecule has 10 nitrogen and oxygen atoms in total. The molecule has 0 saturated carbocycles. The molecule has 174 valence electrons. The number of sulfone groups is 1. The number of aryl methyl sites for hydroxylation is 1. The second kappa shape index (κ2) is 7.35. The van der Waals surface area contributed by atoms with Crippen molar-refractivity contribution in [3.05, 3.63) is 23.3 Å². The zero-order valence-corrected chi connectivity index (χ0v) is 19.2. The Bertz CT molecular complexity index is 1140. The highest BCUT2D eigenvalue weighted by Gasteiger charge is 2.71. The van der Waals surface area contributed by atoms with Gasteiger partial charge >= 0.3 is 0 Å². The fraction of sp³-hybridized carbons (Fsp3) is 0.650. The van der Waals surface area contributed by atoms with Crippen molar-refractivity contribution in [2.75, 3.05) is 23.0 Å². The van der Waals surface area contributed by atoms with Crippen molar-refractivity contribution in [2.45, 2.75) is 69.1 Å². The smallest absolute Gasteiger partial charge is 0.227 e. The molecular weight excluding hydrogens is 437 g/mol. The first-order valence-corrected chi connectivity index (χ1v) is 12.5. The van der Waals surface area contributed by atoms with Crippen LogP contribution in [-0.2, 0) is 16.4 Å². The first-order valence-electron chi connectivity index (χ1n) is 10.9. The molecule has 1 unspecified atom stereocenters. The van der Waals surface area contributed by atoms with Gasteiger partial charge in [-0.15, -0.1) is 0 Å². The van der Waals surface area contributed by atoms with Crippen molar-refractivity contribution in [3.8, 4) is 0 Å². The molecule has 0 aliphatic carbocycles. The highest BCUT2D eigenvalue weighted by molar-refractivity contribution is 7.92. The van der Waals surface area contributed by atoms with Crippen molar-refractivity contribution in [1.29, 1.82) is 0 Å². The van der Waals surface area contributed by atoms with E-state index in [9.17, 15) is 17.9 Å². The minimum atomic E-state index is -3.10. The van der Waals surface area contributed by atoms with Crippen molar-refractivity contribution in [1.82, 2.24) is 25.1 Å². The normalized spacial score (nSPS) is 29.1. The summed E-state index contributed by atoms with van der Waals surface area (Å²) in [5.41, 5.74) is 0.727. The molecule has 0 radical (unpaired) electrons. The summed E-state index contributed by atoms with van der Waals surface area (Å²) in [6.45, 7) is 3.00. The lowest BCUT2D eigenvalue weighted by molar-refractivity contribution is -0.174. The number of halogens is 1. The average Bonchev–Trinajstić information content (AvgIpc) is 3.14. The number of H-pyrrole nitrogens is 1. The van der Waals surface area contributed by atoms with E-state index in [1.807, 2.05) is 18.9 Å². The molecule has 4 atom stereocenters. The molecule has 0 amide bonds. The lowest BCUT2D eigenvalue weighted by Gasteiger charge is -2.72. The van der Waals surface area contributed by atoms with E-state index in [-0.39, 0.29) is 35.4 Å². The Labute approximate surface area is 186 Å². The van der Waals surface area contributed by atoms with Gasteiger partial charge < -0.3 is 15.3 Å². The molecule has 5 rings (SSSR count). The molecular formula is C20H28FN7O3S. The number of aliphatic hydroxyl groups excluding tert-OH is 1. The Hall–Kier alpha value is -2.31. The van der Waals surface area contributed by atoms with Crippen molar-refractivity contribution in [3.63, 3.8) is 0 Å². The topological polar surface area (TPSA) is 127 Å². The summed E-state index contributed by atoms with van der Waals surface area (Å²) >= 11 is 0. The van der Waals surface area contributed by atoms with E-state index in [4.69, 9.17) is 0 Å². The lowest BCUT2D eigenvalue weighted by Crippen LogP contribution is -2.84. The molecule has 3 fully saturated rings. The molecule has 0 bridgehead atoms. The van der Waals surface area contributed by atoms with E-state index < -0.39 is 27.1 Å². The van der Waals surface area contributed by atoms with Gasteiger partial charge in [-0.2, -0.15) is 10.1 Å². The van der Waals surface area contributed by atoms with E-state index in [0.29, 0.717) is 24.6 Å². The van der Waals surface area contributed by atoms with Gasteiger partial charge in [-0.05, 0) is 32.6 Å². The van der Waals surface area contributed by atoms with Crippen LogP contribution in [0.2, 0.25) is 0 Å². The molecule has 12 heteroatoms. The second-order valence-corrected chi connectivity index (χ2v) is 11.6. The van der Waals surface area contributed by atoms with Gasteiger partial charge in [0.1, 0.15) is 10.6 Å². The lowest BCUT2D eigenvalue weighted by atomic mass is 9.67. The minimum Gasteiger partial charge on any atom is -0.390 e. The predicted molar refractivity (Wildman–Crippen MR) is 117 cm³/mol. The zero-order chi connectivity index (χ0) is 22.8. The summed E-state index contributed by atoms with van der Waals surface area (Å²) in [5.74, 6) is 0.145. The predicted octanol–water partition coefficient (Wildman–Crippen LogP) is 1.46. The fourth-order valence-electron chi connectivity index (χ4n) is 5.68. The number of rotatable bonds is 7. The van der Waals surface area contributed by atoms with Crippen LogP contribution in [0.5, 0.6) is 0 Å². The standard InChI is InChI=1S/C20H28FN7O3S/c1-4-32(30,31)20-8-13-6-12(7-14(9-20)28(13)20)27(3)19-22-15(10-29)17(21)18(24-19)23-16-5-11(2)25-26-16/h5,12-14,29H,4,6-10H2,1-3H3,(H2,22,23,24,25,26)/t12-,13+,14-,20?. The maximum absolute atomic E-state index is 14.8. The van der Waals surface area contributed by atoms with Gasteiger partial charge in [-0.25, -0.2) is 17.8 Å². The first kappa shape index (κ1) is 21.5. The molecule has 3 saturated heterocycles. The first-order chi connectivity index (χ1) is 15.2. The Balaban J connectivity index is 1.36. The summed E-state index contributed by atoms with van der Waals surface area (Å²) in [7, 11) is -1.24. The molecule has 3 aliphatic rings. The number of aromatic amines is 1. The van der Waals surface area contributed by atoms with Gasteiger partial charge in [0, 0.05) is 42.7 Å². The molecule has 0 spiro atoms. The summed E-state index contributed by atoms with van der Waals surface area (Å²) in [6.07, 6.45) is 2.93. The second-order valence-electron chi connectivity index (χ2n) is 9.06. The van der Waals surface area contributed by atoms with Crippen LogP contribution in [0.4, 0.5) is 22.0 Å². The Morgan fingerprint density at radius 1 is 1.34 bits per heavy atom. The van der Waals surface area contributed by atoms with Gasteiger partial charge in [-0.1, -0.05) is 6.92 Å². The molecule has 0 aromatic carbocycles. The maximum Gasteiger partial charge on any atom is 0.227 e. The summed E-state index contributed by atoms with van der Waals surface area (Å²) in [4.78, 5) is 12.1. The number of piperidine rings is 2. The van der Waals surface area contributed by atoms with Crippen LogP contribution in [0.25, 0.3) is 0 Å². The molecule has 3 aliphatic heterocycles. The molecule has 2 aromatic heterocycles. The summed E-state index contributed by atoms with van der Waals surface area (Å²) in [6, 6.07) is 2.27. The zero-order valence-electron chi connectivity index (χ0n) is 18.3. The number of nitrogens with zero attached hydrogens (tertiary/aromatic N) is 5. The number of aromatic nitrogens is 4. The van der Waals surface area contributed by atoms with E-state index in [1.54, 1.807) is 13.0 Å². The van der Waals surface area contributed by atoms with Crippen LogP contribution in [0, 0.1) is 12.7 Å². The van der Waals surface area contributed by atoms with Crippen LogP contribution in [0.3, 0.4) is 0 Å². The van der Waals surface area contributed by atoms with Gasteiger partial charge in [-0.3, -0.25) is 10.00 Å². The maximum atomic E-state index is 14.8. The van der Waals surface area contributed by atoms with E-state index in [0.717, 1.165) is 18.5 Å². The van der Waals surface area contributed by atoms with Crippen LogP contribution in [0.15, 0.2) is 6.07 Å². The van der Waals surface area contributed by atoms with Gasteiger partial charge in [0.15, 0.2) is 27.3 Å². The third-order valence-corrected chi connectivity index (χ3v) is 9.75. The number of aliphatic hydroxyl groups is 1. The number of nitrogens with one attached hydrogen (secondary N) is 2. The molecule has 3 N–H and O–H groups in total. The third kappa shape index (κ3) is 3.03. The van der Waals surface area contributed by atoms with Gasteiger partial charge in [0.25, 0.3) is 0 Å². The van der Waals surface area contributed by atoms with Crippen molar-refractivity contribution >= 4 is 27.4 Å². The van der Waals surface area contributed by atoms with Crippen molar-refractivity contribution < 1.29 is 17.9 Å². The fourth-order valence-corrected chi connectivity index (χ4v) is 7.73. The number of hydrogen-bond acceptors (Lipinski definition) is 9. The van der Waals surface area contributed by atoms with Crippen LogP contribution in [-0.4, -0.2) is 74.4 Å². The summed E-state index contributed by atoms with van der Waals surface area (Å²) in [5, 5.41) is 19.3. The number of hydrogen-bond donors (Lipinski definition) is 3. The SMILES string of the molecule is CCS(=O)(=O)C12C[C@H]3C[C@H](N(C)c4nc(CO)c(F)c(Nc5cc(C)[nH]n5)n4)C[C@@H](C1)N32. The van der Waals surface area contributed by atoms with E-state index in [1.165, 1.54) is 0 Å². The summed E-state index contributed by atoms with van der Waals surface area (Å²) < 4.78 is 39.9. The Kier molecular flexibility index (Phi) is 4.95. The Morgan fingerprint density at radius 3 is 2.59 bits per heavy atom. The average molecular weight is 466 g/mol. The quantitative estimate of drug-likeness (QED) is 0.557. The largest absolute Gasteiger partial charge is 0.390 e. The van der Waals surface area contributed by atoms with Crippen LogP contribution >= 0.6 is 0 Å². The number of anilines is 3. The monoisotopic (exact) mass is 465 g/mol. The molecule has 32 heavy (non-hydrogen) atoms.